The lowest BCUT2D eigenvalue weighted by Crippen LogP contribution is -2.25. The molecular weight excluding hydrogens is 436 g/mol. The second-order valence-electron chi connectivity index (χ2n) is 6.76. The Kier molecular flexibility index (Phi) is 7.72. The van der Waals surface area contributed by atoms with Gasteiger partial charge >= 0.3 is 0 Å². The fourth-order valence-electron chi connectivity index (χ4n) is 2.81. The number of benzene rings is 2. The number of amides is 2. The summed E-state index contributed by atoms with van der Waals surface area (Å²) < 4.78 is 28.9. The van der Waals surface area contributed by atoms with Gasteiger partial charge in [0.05, 0.1) is 17.9 Å². The summed E-state index contributed by atoms with van der Waals surface area (Å²) in [6.07, 6.45) is 1.63. The largest absolute Gasteiger partial charge is 0.345 e. The number of thioether (sulfide) groups is 1. The van der Waals surface area contributed by atoms with E-state index >= 15 is 0 Å². The molecule has 0 spiro atoms. The van der Waals surface area contributed by atoms with Crippen molar-refractivity contribution in [3.63, 3.8) is 0 Å². The molecule has 0 fully saturated rings. The zero-order valence-corrected chi connectivity index (χ0v) is 18.1. The minimum Gasteiger partial charge on any atom is -0.345 e. The predicted molar refractivity (Wildman–Crippen MR) is 118 cm³/mol. The molecule has 0 aliphatic rings. The van der Waals surface area contributed by atoms with Gasteiger partial charge in [-0.05, 0) is 36.8 Å². The number of rotatable bonds is 9. The van der Waals surface area contributed by atoms with E-state index in [-0.39, 0.29) is 23.8 Å². The zero-order valence-electron chi connectivity index (χ0n) is 17.3. The fraction of sp³-hybridized carbons (Fsp3) is 0.182. The van der Waals surface area contributed by atoms with Crippen LogP contribution >= 0.6 is 11.8 Å². The number of allylic oxidation sites excluding steroid dienone is 1. The SMILES string of the molecule is C=CCn1c(CNC(=O)c2ccccc2F)nnc1SCC(=O)Nc1cc(F)ccc1C. The molecule has 166 valence electrons. The highest BCUT2D eigenvalue weighted by Gasteiger charge is 2.16. The maximum absolute atomic E-state index is 13.8. The first-order chi connectivity index (χ1) is 15.4. The first kappa shape index (κ1) is 23.1. The molecule has 0 unspecified atom stereocenters. The van der Waals surface area contributed by atoms with Crippen LogP contribution in [-0.2, 0) is 17.9 Å². The van der Waals surface area contributed by atoms with Crippen LogP contribution in [0.25, 0.3) is 0 Å². The van der Waals surface area contributed by atoms with Crippen molar-refractivity contribution in [2.45, 2.75) is 25.2 Å². The minimum absolute atomic E-state index is 0.0171. The standard InChI is InChI=1S/C22H21F2N5O2S/c1-3-10-29-19(12-25-21(31)16-6-4-5-7-17(16)24)27-28-22(29)32-13-20(30)26-18-11-15(23)9-8-14(18)2/h3-9,11H,1,10,12-13H2,2H3,(H,25,31)(H,26,30). The summed E-state index contributed by atoms with van der Waals surface area (Å²) in [6, 6.07) is 9.84. The first-order valence-electron chi connectivity index (χ1n) is 9.63. The highest BCUT2D eigenvalue weighted by Crippen LogP contribution is 2.20. The van der Waals surface area contributed by atoms with E-state index < -0.39 is 17.5 Å². The summed E-state index contributed by atoms with van der Waals surface area (Å²) in [4.78, 5) is 24.5. The summed E-state index contributed by atoms with van der Waals surface area (Å²) in [5.74, 6) is -1.51. The highest BCUT2D eigenvalue weighted by molar-refractivity contribution is 7.99. The van der Waals surface area contributed by atoms with Crippen molar-refractivity contribution in [3.05, 3.63) is 83.7 Å². The van der Waals surface area contributed by atoms with E-state index in [9.17, 15) is 18.4 Å². The minimum atomic E-state index is -0.617. The van der Waals surface area contributed by atoms with Crippen LogP contribution in [0.1, 0.15) is 21.7 Å². The lowest BCUT2D eigenvalue weighted by Gasteiger charge is -2.10. The number of hydrogen-bond acceptors (Lipinski definition) is 5. The van der Waals surface area contributed by atoms with Crippen molar-refractivity contribution in [3.8, 4) is 0 Å². The maximum atomic E-state index is 13.8. The van der Waals surface area contributed by atoms with E-state index in [2.05, 4.69) is 27.4 Å². The molecule has 3 aromatic rings. The second kappa shape index (κ2) is 10.7. The van der Waals surface area contributed by atoms with Gasteiger partial charge in [0.1, 0.15) is 11.6 Å². The third-order valence-corrected chi connectivity index (χ3v) is 5.40. The predicted octanol–water partition coefficient (Wildman–Crippen LogP) is 3.71. The molecule has 0 aliphatic carbocycles. The van der Waals surface area contributed by atoms with Gasteiger partial charge in [-0.3, -0.25) is 9.59 Å². The first-order valence-corrected chi connectivity index (χ1v) is 10.6. The zero-order chi connectivity index (χ0) is 23.1. The maximum Gasteiger partial charge on any atom is 0.254 e. The molecule has 2 aromatic carbocycles. The lowest BCUT2D eigenvalue weighted by atomic mass is 10.2. The molecular formula is C22H21F2N5O2S. The topological polar surface area (TPSA) is 88.9 Å². The van der Waals surface area contributed by atoms with Crippen LogP contribution in [0.2, 0.25) is 0 Å². The summed E-state index contributed by atoms with van der Waals surface area (Å²) in [5.41, 5.74) is 1.08. The number of aryl methyl sites for hydroxylation is 1. The average Bonchev–Trinajstić information content (AvgIpc) is 3.15. The summed E-state index contributed by atoms with van der Waals surface area (Å²) in [5, 5.41) is 13.9. The van der Waals surface area contributed by atoms with Crippen molar-refractivity contribution >= 4 is 29.3 Å². The van der Waals surface area contributed by atoms with Crippen LogP contribution in [0.5, 0.6) is 0 Å². The molecule has 2 amide bonds. The van der Waals surface area contributed by atoms with Crippen LogP contribution in [0.15, 0.2) is 60.3 Å². The number of carbonyl (C=O) groups excluding carboxylic acids is 2. The Morgan fingerprint density at radius 3 is 2.72 bits per heavy atom. The van der Waals surface area contributed by atoms with Gasteiger partial charge in [0.2, 0.25) is 5.91 Å². The third-order valence-electron chi connectivity index (χ3n) is 4.44. The van der Waals surface area contributed by atoms with Gasteiger partial charge in [-0.1, -0.05) is 36.0 Å². The van der Waals surface area contributed by atoms with Crippen molar-refractivity contribution in [1.82, 2.24) is 20.1 Å². The summed E-state index contributed by atoms with van der Waals surface area (Å²) >= 11 is 1.14. The molecule has 32 heavy (non-hydrogen) atoms. The number of aromatic nitrogens is 3. The smallest absolute Gasteiger partial charge is 0.254 e. The van der Waals surface area contributed by atoms with Gasteiger partial charge in [0.15, 0.2) is 11.0 Å². The average molecular weight is 458 g/mol. The van der Waals surface area contributed by atoms with E-state index in [0.29, 0.717) is 23.2 Å². The molecule has 0 bridgehead atoms. The molecule has 1 aromatic heterocycles. The fourth-order valence-corrected chi connectivity index (χ4v) is 3.58. The normalized spacial score (nSPS) is 10.6. The molecule has 10 heteroatoms. The van der Waals surface area contributed by atoms with E-state index in [1.807, 2.05) is 0 Å². The Labute approximate surface area is 187 Å². The van der Waals surface area contributed by atoms with E-state index in [4.69, 9.17) is 0 Å². The van der Waals surface area contributed by atoms with Crippen LogP contribution in [0, 0.1) is 18.6 Å². The van der Waals surface area contributed by atoms with Crippen molar-refractivity contribution in [2.75, 3.05) is 11.1 Å². The quantitative estimate of drug-likeness (QED) is 0.378. The van der Waals surface area contributed by atoms with Gasteiger partial charge < -0.3 is 15.2 Å². The van der Waals surface area contributed by atoms with Crippen molar-refractivity contribution in [2.24, 2.45) is 0 Å². The van der Waals surface area contributed by atoms with E-state index in [1.165, 1.54) is 30.3 Å². The molecule has 3 rings (SSSR count). The molecule has 0 radical (unpaired) electrons. The Morgan fingerprint density at radius 2 is 1.97 bits per heavy atom. The van der Waals surface area contributed by atoms with E-state index in [1.54, 1.807) is 29.7 Å². The van der Waals surface area contributed by atoms with Gasteiger partial charge in [-0.15, -0.1) is 16.8 Å². The molecule has 0 atom stereocenters. The third kappa shape index (κ3) is 5.79. The summed E-state index contributed by atoms with van der Waals surface area (Å²) in [6.45, 7) is 5.84. The monoisotopic (exact) mass is 457 g/mol. The lowest BCUT2D eigenvalue weighted by molar-refractivity contribution is -0.113. The molecule has 0 aliphatic heterocycles. The number of halogens is 2. The number of nitrogens with zero attached hydrogens (tertiary/aromatic N) is 3. The Hall–Kier alpha value is -3.53. The van der Waals surface area contributed by atoms with Gasteiger partial charge in [0, 0.05) is 12.2 Å². The Balaban J connectivity index is 1.63. The van der Waals surface area contributed by atoms with Crippen LogP contribution in [-0.4, -0.2) is 32.3 Å². The molecule has 2 N–H and O–H groups in total. The van der Waals surface area contributed by atoms with Crippen LogP contribution in [0.4, 0.5) is 14.5 Å². The van der Waals surface area contributed by atoms with Crippen LogP contribution < -0.4 is 10.6 Å². The molecule has 0 saturated carbocycles. The number of anilines is 1. The van der Waals surface area contributed by atoms with Crippen molar-refractivity contribution < 1.29 is 18.4 Å². The molecule has 0 saturated heterocycles. The number of nitrogens with one attached hydrogen (secondary N) is 2. The molecule has 1 heterocycles. The van der Waals surface area contributed by atoms with Crippen LogP contribution in [0.3, 0.4) is 0 Å². The second-order valence-corrected chi connectivity index (χ2v) is 7.70. The number of carbonyl (C=O) groups is 2. The van der Waals surface area contributed by atoms with Gasteiger partial charge in [-0.25, -0.2) is 8.78 Å². The molecule has 7 nitrogen and oxygen atoms in total. The Morgan fingerprint density at radius 1 is 1.19 bits per heavy atom. The number of hydrogen-bond donors (Lipinski definition) is 2. The highest BCUT2D eigenvalue weighted by atomic mass is 32.2. The Bertz CT molecular complexity index is 1150. The van der Waals surface area contributed by atoms with Gasteiger partial charge in [-0.2, -0.15) is 0 Å². The van der Waals surface area contributed by atoms with Gasteiger partial charge in [0.25, 0.3) is 5.91 Å². The summed E-state index contributed by atoms with van der Waals surface area (Å²) in [7, 11) is 0. The van der Waals surface area contributed by atoms with E-state index in [0.717, 1.165) is 17.3 Å². The van der Waals surface area contributed by atoms with Crippen molar-refractivity contribution in [1.29, 1.82) is 0 Å².